The van der Waals surface area contributed by atoms with Crippen molar-refractivity contribution in [1.82, 2.24) is 18.9 Å². The van der Waals surface area contributed by atoms with Crippen LogP contribution < -0.4 is 17.0 Å². The predicted octanol–water partition coefficient (Wildman–Crippen LogP) is 2.18. The van der Waals surface area contributed by atoms with Crippen LogP contribution in [0.25, 0.3) is 0 Å². The zero-order valence-corrected chi connectivity index (χ0v) is 26.8. The smallest absolute Gasteiger partial charge is 0.334 e. The van der Waals surface area contributed by atoms with Gasteiger partial charge in [0, 0.05) is 26.2 Å². The topological polar surface area (TPSA) is 189 Å². The Balaban J connectivity index is 1.33. The summed E-state index contributed by atoms with van der Waals surface area (Å²) >= 11 is 0. The molecular weight excluding hydrogens is 588 g/mol. The number of nitrogens with two attached hydrogens (primary N) is 1. The molecule has 0 radical (unpaired) electrons. The summed E-state index contributed by atoms with van der Waals surface area (Å²) in [4.78, 5) is 56.2. The minimum absolute atomic E-state index is 0.00304. The SMILES string of the molecule is CC[C@@H]1C[C@H](CN2C(=O)N(C)C(=O)[C@@H]2CC2(C)CCC(n3c(=O)c(C(=N)N)c(O)n(CC4CCC4)c3=O)CC2)CCS1(=O)=O. The maximum atomic E-state index is 13.6. The van der Waals surface area contributed by atoms with E-state index in [-0.39, 0.29) is 47.1 Å². The molecule has 244 valence electrons. The number of aromatic hydroxyl groups is 1. The van der Waals surface area contributed by atoms with Gasteiger partial charge in [0.2, 0.25) is 5.88 Å². The van der Waals surface area contributed by atoms with E-state index in [1.165, 1.54) is 11.6 Å². The summed E-state index contributed by atoms with van der Waals surface area (Å²) in [6.07, 6.45) is 6.93. The molecule has 1 aromatic rings. The second-order valence-corrected chi connectivity index (χ2v) is 16.3. The summed E-state index contributed by atoms with van der Waals surface area (Å²) in [6.45, 7) is 4.53. The number of carbonyl (C=O) groups is 2. The minimum atomic E-state index is -3.13. The highest BCUT2D eigenvalue weighted by Gasteiger charge is 2.48. The molecule has 0 unspecified atom stereocenters. The molecule has 2 aliphatic carbocycles. The largest absolute Gasteiger partial charge is 0.494 e. The van der Waals surface area contributed by atoms with E-state index >= 15 is 0 Å². The number of aromatic nitrogens is 2. The van der Waals surface area contributed by atoms with E-state index in [4.69, 9.17) is 11.1 Å². The quantitative estimate of drug-likeness (QED) is 0.209. The van der Waals surface area contributed by atoms with E-state index in [1.54, 1.807) is 4.90 Å². The lowest BCUT2D eigenvalue weighted by Gasteiger charge is -2.41. The van der Waals surface area contributed by atoms with Gasteiger partial charge in [-0.2, -0.15) is 0 Å². The number of hydrogen-bond donors (Lipinski definition) is 3. The molecule has 14 heteroatoms. The van der Waals surface area contributed by atoms with Crippen molar-refractivity contribution in [2.45, 2.75) is 108 Å². The van der Waals surface area contributed by atoms with Gasteiger partial charge in [-0.1, -0.05) is 20.3 Å². The Bertz CT molecular complexity index is 1550. The van der Waals surface area contributed by atoms with Gasteiger partial charge in [0.25, 0.3) is 11.5 Å². The third-order valence-corrected chi connectivity index (χ3v) is 13.2. The van der Waals surface area contributed by atoms with Gasteiger partial charge < -0.3 is 15.7 Å². The molecule has 2 saturated carbocycles. The molecule has 3 amide bonds. The number of nitrogen functional groups attached to an aromatic ring is 1. The van der Waals surface area contributed by atoms with Crippen molar-refractivity contribution in [3.63, 3.8) is 0 Å². The van der Waals surface area contributed by atoms with Gasteiger partial charge in [0.1, 0.15) is 17.4 Å². The number of sulfone groups is 1. The molecule has 1 aromatic heterocycles. The number of carbonyl (C=O) groups excluding carboxylic acids is 2. The van der Waals surface area contributed by atoms with E-state index in [9.17, 15) is 32.7 Å². The van der Waals surface area contributed by atoms with Crippen LogP contribution in [-0.2, 0) is 21.2 Å². The van der Waals surface area contributed by atoms with E-state index in [0.717, 1.165) is 28.7 Å². The standard InChI is InChI=1S/C30H46N6O7S/c1-4-21-14-19(10-13-44(21,42)43)17-34-22(25(37)33(3)28(34)40)15-30(2)11-8-20(9-12-30)36-27(39)23(24(31)32)26(38)35(29(36)41)16-18-6-5-7-18/h18-22,38H,4-17H2,1-3H3,(H3,31,32)/t19-,20?,21-,22+,30?/m1/s1. The summed E-state index contributed by atoms with van der Waals surface area (Å²) < 4.78 is 27.2. The number of amidine groups is 1. The summed E-state index contributed by atoms with van der Waals surface area (Å²) in [5.74, 6) is -1.09. The predicted molar refractivity (Wildman–Crippen MR) is 164 cm³/mol. The summed E-state index contributed by atoms with van der Waals surface area (Å²) in [5, 5.41) is 18.2. The number of hydrogen-bond acceptors (Lipinski definition) is 8. The average molecular weight is 635 g/mol. The Morgan fingerprint density at radius 3 is 2.27 bits per heavy atom. The van der Waals surface area contributed by atoms with Crippen molar-refractivity contribution in [2.24, 2.45) is 23.0 Å². The summed E-state index contributed by atoms with van der Waals surface area (Å²) in [7, 11) is -1.65. The van der Waals surface area contributed by atoms with E-state index in [2.05, 4.69) is 6.92 Å². The van der Waals surface area contributed by atoms with Crippen LogP contribution in [0, 0.1) is 22.7 Å². The molecule has 4 fully saturated rings. The average Bonchev–Trinajstić information content (AvgIpc) is 3.12. The maximum Gasteiger partial charge on any atom is 0.334 e. The number of imide groups is 1. The molecule has 2 saturated heterocycles. The Morgan fingerprint density at radius 2 is 1.70 bits per heavy atom. The number of urea groups is 1. The van der Waals surface area contributed by atoms with Crippen LogP contribution in [-0.4, -0.2) is 80.9 Å². The first-order chi connectivity index (χ1) is 20.7. The molecule has 2 aliphatic heterocycles. The highest BCUT2D eigenvalue weighted by atomic mass is 32.2. The Kier molecular flexibility index (Phi) is 8.78. The molecule has 13 nitrogen and oxygen atoms in total. The fraction of sp³-hybridized carbons (Fsp3) is 0.767. The van der Waals surface area contributed by atoms with E-state index < -0.39 is 50.1 Å². The molecule has 3 heterocycles. The summed E-state index contributed by atoms with van der Waals surface area (Å²) in [6, 6.07) is -1.48. The Labute approximate surface area is 257 Å². The van der Waals surface area contributed by atoms with Crippen LogP contribution in [0.15, 0.2) is 9.59 Å². The molecule has 4 N–H and O–H groups in total. The third kappa shape index (κ3) is 5.81. The zero-order chi connectivity index (χ0) is 32.1. The molecule has 3 atom stereocenters. The first-order valence-electron chi connectivity index (χ1n) is 15.9. The van der Waals surface area contributed by atoms with Crippen molar-refractivity contribution in [1.29, 1.82) is 5.41 Å². The van der Waals surface area contributed by atoms with Gasteiger partial charge in [-0.25, -0.2) is 18.0 Å². The second-order valence-electron chi connectivity index (χ2n) is 13.9. The van der Waals surface area contributed by atoms with Crippen LogP contribution in [0.5, 0.6) is 5.88 Å². The van der Waals surface area contributed by atoms with Crippen LogP contribution in [0.2, 0.25) is 0 Å². The molecule has 4 aliphatic rings. The second kappa shape index (κ2) is 12.0. The normalized spacial score (nSPS) is 30.9. The molecule has 44 heavy (non-hydrogen) atoms. The van der Waals surface area contributed by atoms with Crippen molar-refractivity contribution in [2.75, 3.05) is 19.3 Å². The number of likely N-dealkylation sites (N-methyl/N-ethyl adjacent to an activating group) is 1. The monoisotopic (exact) mass is 634 g/mol. The van der Waals surface area contributed by atoms with Gasteiger partial charge in [0.05, 0.1) is 11.0 Å². The van der Waals surface area contributed by atoms with Gasteiger partial charge in [0.15, 0.2) is 9.84 Å². The molecule has 0 aromatic carbocycles. The first-order valence-corrected chi connectivity index (χ1v) is 17.6. The van der Waals surface area contributed by atoms with Crippen molar-refractivity contribution >= 4 is 27.6 Å². The lowest BCUT2D eigenvalue weighted by atomic mass is 9.70. The van der Waals surface area contributed by atoms with Crippen LogP contribution in [0.1, 0.15) is 96.1 Å². The number of rotatable bonds is 9. The van der Waals surface area contributed by atoms with Crippen molar-refractivity contribution in [3.8, 4) is 5.88 Å². The highest BCUT2D eigenvalue weighted by Crippen LogP contribution is 2.45. The van der Waals surface area contributed by atoms with Crippen LogP contribution in [0.3, 0.4) is 0 Å². The van der Waals surface area contributed by atoms with Crippen LogP contribution >= 0.6 is 0 Å². The first kappa shape index (κ1) is 32.2. The lowest BCUT2D eigenvalue weighted by molar-refractivity contribution is -0.128. The van der Waals surface area contributed by atoms with E-state index in [0.29, 0.717) is 57.9 Å². The number of nitrogens with zero attached hydrogens (tertiary/aromatic N) is 4. The Morgan fingerprint density at radius 1 is 1.05 bits per heavy atom. The third-order valence-electron chi connectivity index (χ3n) is 10.8. The molecule has 0 bridgehead atoms. The maximum absolute atomic E-state index is 13.6. The molecule has 5 rings (SSSR count). The zero-order valence-electron chi connectivity index (χ0n) is 26.0. The van der Waals surface area contributed by atoms with E-state index in [1.807, 2.05) is 6.92 Å². The molecule has 0 spiro atoms. The van der Waals surface area contributed by atoms with Gasteiger partial charge in [-0.3, -0.25) is 29.0 Å². The van der Waals surface area contributed by atoms with Crippen molar-refractivity contribution < 1.29 is 23.1 Å². The summed E-state index contributed by atoms with van der Waals surface area (Å²) in [5.41, 5.74) is 3.62. The van der Waals surface area contributed by atoms with Crippen molar-refractivity contribution in [3.05, 3.63) is 26.4 Å². The fourth-order valence-corrected chi connectivity index (χ4v) is 9.79. The minimum Gasteiger partial charge on any atom is -0.494 e. The van der Waals surface area contributed by atoms with Gasteiger partial charge in [-0.15, -0.1) is 0 Å². The Hall–Kier alpha value is -3.16. The van der Waals surface area contributed by atoms with Crippen LogP contribution in [0.4, 0.5) is 4.79 Å². The highest BCUT2D eigenvalue weighted by molar-refractivity contribution is 7.92. The van der Waals surface area contributed by atoms with Gasteiger partial charge >= 0.3 is 11.7 Å². The fourth-order valence-electron chi connectivity index (χ4n) is 7.72. The number of nitrogens with one attached hydrogen (secondary N) is 1. The number of amides is 3. The molecular formula is C30H46N6O7S. The lowest BCUT2D eigenvalue weighted by Crippen LogP contribution is -2.48. The van der Waals surface area contributed by atoms with Gasteiger partial charge in [-0.05, 0) is 81.5 Å².